The van der Waals surface area contributed by atoms with E-state index in [-0.39, 0.29) is 11.7 Å². The number of ether oxygens (including phenoxy) is 1. The lowest BCUT2D eigenvalue weighted by atomic mass is 10.1. The Labute approximate surface area is 209 Å². The maximum absolute atomic E-state index is 13.0. The van der Waals surface area contributed by atoms with E-state index in [2.05, 4.69) is 39.8 Å². The zero-order valence-corrected chi connectivity index (χ0v) is 20.2. The molecule has 0 saturated heterocycles. The minimum absolute atomic E-state index is 0.000376. The maximum atomic E-state index is 13.0. The van der Waals surface area contributed by atoms with Gasteiger partial charge >= 0.3 is 0 Å². The summed E-state index contributed by atoms with van der Waals surface area (Å²) in [5.74, 6) is 0.239. The minimum Gasteiger partial charge on any atom is -0.481 e. The summed E-state index contributed by atoms with van der Waals surface area (Å²) in [7, 11) is 0. The molecule has 1 aromatic heterocycles. The summed E-state index contributed by atoms with van der Waals surface area (Å²) in [6, 6.07) is 20.4. The SMILES string of the molecule is CCCC(Oc1ccc(C(N)=NO)cc1)C(=O)Nc1ccc2oc(Nc3ccc(CC)cc3)nc2c1. The number of benzene rings is 3. The molecule has 1 heterocycles. The number of fused-ring (bicyclic) bond motifs is 1. The van der Waals surface area contributed by atoms with Crippen LogP contribution in [0.5, 0.6) is 5.75 Å². The first-order chi connectivity index (χ1) is 17.5. The molecule has 36 heavy (non-hydrogen) atoms. The lowest BCUT2D eigenvalue weighted by molar-refractivity contribution is -0.123. The van der Waals surface area contributed by atoms with Gasteiger partial charge in [0, 0.05) is 16.9 Å². The van der Waals surface area contributed by atoms with E-state index in [4.69, 9.17) is 20.1 Å². The number of nitrogens with two attached hydrogens (primary N) is 1. The van der Waals surface area contributed by atoms with Crippen LogP contribution >= 0.6 is 0 Å². The van der Waals surface area contributed by atoms with E-state index in [1.807, 2.05) is 19.1 Å². The molecule has 4 aromatic rings. The molecule has 0 aliphatic heterocycles. The first-order valence-electron chi connectivity index (χ1n) is 11.8. The quantitative estimate of drug-likeness (QED) is 0.102. The number of hydrogen-bond acceptors (Lipinski definition) is 7. The number of amides is 1. The molecule has 5 N–H and O–H groups in total. The molecular weight excluding hydrogens is 458 g/mol. The van der Waals surface area contributed by atoms with Crippen LogP contribution in [-0.2, 0) is 11.2 Å². The molecule has 0 fully saturated rings. The average molecular weight is 488 g/mol. The van der Waals surface area contributed by atoms with Gasteiger partial charge in [-0.3, -0.25) is 4.79 Å². The first kappa shape index (κ1) is 24.6. The number of amidine groups is 1. The summed E-state index contributed by atoms with van der Waals surface area (Å²) in [4.78, 5) is 17.5. The van der Waals surface area contributed by atoms with Crippen molar-refractivity contribution in [1.29, 1.82) is 0 Å². The van der Waals surface area contributed by atoms with Crippen LogP contribution < -0.4 is 21.1 Å². The second-order valence-electron chi connectivity index (χ2n) is 8.27. The van der Waals surface area contributed by atoms with Gasteiger partial charge in [0.25, 0.3) is 11.9 Å². The third-order valence-corrected chi connectivity index (χ3v) is 5.65. The average Bonchev–Trinajstić information content (AvgIpc) is 3.30. The smallest absolute Gasteiger partial charge is 0.300 e. The Morgan fingerprint density at radius 3 is 2.47 bits per heavy atom. The highest BCUT2D eigenvalue weighted by Crippen LogP contribution is 2.25. The number of aromatic nitrogens is 1. The molecule has 9 heteroatoms. The third-order valence-electron chi connectivity index (χ3n) is 5.65. The molecule has 0 spiro atoms. The predicted molar refractivity (Wildman–Crippen MR) is 140 cm³/mol. The molecule has 1 unspecified atom stereocenters. The largest absolute Gasteiger partial charge is 0.481 e. The van der Waals surface area contributed by atoms with Crippen LogP contribution in [-0.4, -0.2) is 28.0 Å². The zero-order valence-electron chi connectivity index (χ0n) is 20.2. The van der Waals surface area contributed by atoms with E-state index in [1.54, 1.807) is 42.5 Å². The Hall–Kier alpha value is -4.53. The highest BCUT2D eigenvalue weighted by Gasteiger charge is 2.20. The van der Waals surface area contributed by atoms with E-state index < -0.39 is 6.10 Å². The predicted octanol–water partition coefficient (Wildman–Crippen LogP) is 5.41. The van der Waals surface area contributed by atoms with E-state index in [1.165, 1.54) is 5.56 Å². The second kappa shape index (κ2) is 11.3. The van der Waals surface area contributed by atoms with E-state index in [0.717, 1.165) is 18.5 Å². The number of oxazole rings is 1. The summed E-state index contributed by atoms with van der Waals surface area (Å²) in [5, 5.41) is 17.9. The van der Waals surface area contributed by atoms with Crippen LogP contribution in [0.2, 0.25) is 0 Å². The molecular formula is C27H29N5O4. The van der Waals surface area contributed by atoms with Gasteiger partial charge in [-0.1, -0.05) is 37.6 Å². The standard InChI is InChI=1S/C27H29N5O4/c1-3-5-24(35-21-13-8-18(9-14-21)25(28)32-34)26(33)29-20-12-15-23-22(16-20)31-27(36-23)30-19-10-6-17(4-2)7-11-19/h6-16,24,34H,3-5H2,1-2H3,(H2,28,32)(H,29,33)(H,30,31). The van der Waals surface area contributed by atoms with Crippen molar-refractivity contribution in [3.05, 3.63) is 77.9 Å². The first-order valence-corrected chi connectivity index (χ1v) is 11.8. The fraction of sp³-hybridized carbons (Fsp3) is 0.222. The monoisotopic (exact) mass is 487 g/mol. The number of carbonyl (C=O) groups excluding carboxylic acids is 1. The van der Waals surface area contributed by atoms with Gasteiger partial charge in [-0.15, -0.1) is 0 Å². The molecule has 0 bridgehead atoms. The molecule has 0 aliphatic rings. The van der Waals surface area contributed by atoms with Gasteiger partial charge in [-0.2, -0.15) is 4.98 Å². The van der Waals surface area contributed by atoms with E-state index in [0.29, 0.717) is 40.5 Å². The van der Waals surface area contributed by atoms with Crippen molar-refractivity contribution < 1.29 is 19.2 Å². The van der Waals surface area contributed by atoms with Crippen molar-refractivity contribution in [2.24, 2.45) is 10.9 Å². The van der Waals surface area contributed by atoms with Gasteiger partial charge in [0.15, 0.2) is 17.5 Å². The molecule has 0 radical (unpaired) electrons. The van der Waals surface area contributed by atoms with Crippen molar-refractivity contribution >= 4 is 40.2 Å². The highest BCUT2D eigenvalue weighted by molar-refractivity contribution is 5.97. The van der Waals surface area contributed by atoms with Crippen LogP contribution in [0.1, 0.15) is 37.8 Å². The molecule has 3 aromatic carbocycles. The number of oxime groups is 1. The number of nitrogens with zero attached hydrogens (tertiary/aromatic N) is 2. The summed E-state index contributed by atoms with van der Waals surface area (Å²) in [6.07, 6.45) is 1.58. The number of anilines is 3. The summed E-state index contributed by atoms with van der Waals surface area (Å²) in [6.45, 7) is 4.09. The summed E-state index contributed by atoms with van der Waals surface area (Å²) < 4.78 is 11.7. The fourth-order valence-corrected chi connectivity index (χ4v) is 3.66. The Kier molecular flexibility index (Phi) is 7.69. The van der Waals surface area contributed by atoms with Crippen molar-refractivity contribution in [3.63, 3.8) is 0 Å². The maximum Gasteiger partial charge on any atom is 0.300 e. The summed E-state index contributed by atoms with van der Waals surface area (Å²) in [5.41, 5.74) is 10.1. The van der Waals surface area contributed by atoms with Crippen LogP contribution in [0.15, 0.2) is 76.3 Å². The van der Waals surface area contributed by atoms with Crippen LogP contribution in [0.25, 0.3) is 11.1 Å². The Balaban J connectivity index is 1.44. The van der Waals surface area contributed by atoms with Crippen molar-refractivity contribution in [2.75, 3.05) is 10.6 Å². The van der Waals surface area contributed by atoms with Crippen molar-refractivity contribution in [2.45, 2.75) is 39.2 Å². The Morgan fingerprint density at radius 2 is 1.81 bits per heavy atom. The number of nitrogens with one attached hydrogen (secondary N) is 2. The number of rotatable bonds is 10. The van der Waals surface area contributed by atoms with E-state index in [9.17, 15) is 4.79 Å². The van der Waals surface area contributed by atoms with Gasteiger partial charge in [-0.25, -0.2) is 0 Å². The molecule has 186 valence electrons. The normalized spacial score (nSPS) is 12.3. The molecule has 0 saturated carbocycles. The molecule has 4 rings (SSSR count). The lowest BCUT2D eigenvalue weighted by Crippen LogP contribution is -2.33. The number of aryl methyl sites for hydroxylation is 1. The van der Waals surface area contributed by atoms with Crippen molar-refractivity contribution in [3.8, 4) is 5.75 Å². The second-order valence-corrected chi connectivity index (χ2v) is 8.27. The minimum atomic E-state index is -0.693. The molecule has 1 amide bonds. The van der Waals surface area contributed by atoms with E-state index >= 15 is 0 Å². The lowest BCUT2D eigenvalue weighted by Gasteiger charge is -2.18. The summed E-state index contributed by atoms with van der Waals surface area (Å²) >= 11 is 0. The molecule has 1 atom stereocenters. The third kappa shape index (κ3) is 5.93. The fourth-order valence-electron chi connectivity index (χ4n) is 3.66. The Morgan fingerprint density at radius 1 is 1.08 bits per heavy atom. The Bertz CT molecular complexity index is 1350. The topological polar surface area (TPSA) is 135 Å². The van der Waals surface area contributed by atoms with Gasteiger partial charge < -0.3 is 30.7 Å². The van der Waals surface area contributed by atoms with Gasteiger partial charge in [0.2, 0.25) is 0 Å². The highest BCUT2D eigenvalue weighted by atomic mass is 16.5. The van der Waals surface area contributed by atoms with Crippen molar-refractivity contribution in [1.82, 2.24) is 4.98 Å². The number of hydrogen-bond donors (Lipinski definition) is 4. The molecule has 9 nitrogen and oxygen atoms in total. The number of carbonyl (C=O) groups is 1. The van der Waals surface area contributed by atoms with Crippen LogP contribution in [0.3, 0.4) is 0 Å². The van der Waals surface area contributed by atoms with Gasteiger partial charge in [-0.05, 0) is 73.0 Å². The van der Waals surface area contributed by atoms with Gasteiger partial charge in [0.05, 0.1) is 0 Å². The molecule has 0 aliphatic carbocycles. The van der Waals surface area contributed by atoms with Crippen LogP contribution in [0.4, 0.5) is 17.4 Å². The zero-order chi connectivity index (χ0) is 25.5. The van der Waals surface area contributed by atoms with Crippen LogP contribution in [0, 0.1) is 0 Å². The van der Waals surface area contributed by atoms with Gasteiger partial charge in [0.1, 0.15) is 11.3 Å².